The Morgan fingerprint density at radius 1 is 0.615 bits per heavy atom. The molecule has 0 amide bonds. The molecule has 60 valence electrons. The minimum absolute atomic E-state index is 0. The number of hydrogen-bond acceptors (Lipinski definition) is 0. The Bertz CT molecular complexity index is 252. The zero-order chi connectivity index (χ0) is 8.81. The topological polar surface area (TPSA) is 0 Å². The van der Waals surface area contributed by atoms with Gasteiger partial charge in [-0.25, -0.2) is 24.3 Å². The zero-order valence-corrected chi connectivity index (χ0v) is 11.6. The Hall–Kier alpha value is 0.0169. The van der Waals surface area contributed by atoms with Gasteiger partial charge in [-0.05, 0) is 20.5 Å². The maximum Gasteiger partial charge on any atom is 2.00 e. The predicted octanol–water partition coefficient (Wildman–Crippen LogP) is 0.396. The molecule has 0 aliphatic heterocycles. The van der Waals surface area contributed by atoms with Crippen LogP contribution in [0.15, 0.2) is 48.5 Å². The molecule has 0 nitrogen and oxygen atoms in total. The van der Waals surface area contributed by atoms with Crippen LogP contribution in [-0.2, 0) is 26.2 Å². The van der Waals surface area contributed by atoms with E-state index >= 15 is 0 Å². The second-order valence-corrected chi connectivity index (χ2v) is 3.50. The fraction of sp³-hybridized carbons (Fsp3) is 0. The van der Waals surface area contributed by atoms with Crippen molar-refractivity contribution in [2.24, 2.45) is 0 Å². The molecule has 2 rings (SSSR count). The summed E-state index contributed by atoms with van der Waals surface area (Å²) in [7, 11) is 6.65. The Morgan fingerprint density at radius 2 is 0.846 bits per heavy atom. The molecular weight excluding hydrogens is 268 g/mol. The normalized spacial score (nSPS) is 8.15. The second kappa shape index (κ2) is 7.42. The van der Waals surface area contributed by atoms with Gasteiger partial charge in [0.2, 0.25) is 0 Å². The van der Waals surface area contributed by atoms with E-state index in [1.54, 1.807) is 0 Å². The Kier molecular flexibility index (Phi) is 7.43. The molecule has 0 bridgehead atoms. The van der Waals surface area contributed by atoms with E-state index in [2.05, 4.69) is 20.5 Å². The third kappa shape index (κ3) is 6.14. The minimum Gasteiger partial charge on any atom is -0.214 e. The van der Waals surface area contributed by atoms with Gasteiger partial charge in [0.1, 0.15) is 0 Å². The first-order valence-corrected chi connectivity index (χ1v) is 4.65. The van der Waals surface area contributed by atoms with Gasteiger partial charge in [-0.3, -0.25) is 0 Å². The Balaban J connectivity index is 0.000000206. The molecule has 13 heavy (non-hydrogen) atoms. The van der Waals surface area contributed by atoms with Crippen LogP contribution < -0.4 is 10.4 Å². The molecule has 0 heterocycles. The first-order chi connectivity index (χ1) is 5.79. The van der Waals surface area contributed by atoms with E-state index < -0.39 is 0 Å². The molecule has 0 spiro atoms. The Labute approximate surface area is 105 Å². The van der Waals surface area contributed by atoms with E-state index in [1.807, 2.05) is 48.5 Å². The number of hydrogen-bond donors (Lipinski definition) is 0. The van der Waals surface area contributed by atoms with Crippen LogP contribution in [0, 0.1) is 0 Å². The summed E-state index contributed by atoms with van der Waals surface area (Å²) in [4.78, 5) is 0. The van der Waals surface area contributed by atoms with Crippen LogP contribution in [0.1, 0.15) is 0 Å². The fourth-order valence-corrected chi connectivity index (χ4v) is 1.13. The zero-order valence-electron chi connectivity index (χ0n) is 7.12. The van der Waals surface area contributed by atoms with Crippen molar-refractivity contribution in [3.63, 3.8) is 0 Å². The molecule has 2 aromatic carbocycles. The molecule has 3 heteroatoms. The van der Waals surface area contributed by atoms with E-state index in [-0.39, 0.29) is 26.2 Å². The predicted molar refractivity (Wildman–Crippen MR) is 54.8 cm³/mol. The summed E-state index contributed by atoms with van der Waals surface area (Å²) >= 11 is 0. The molecule has 0 unspecified atom stereocenters. The van der Waals surface area contributed by atoms with E-state index in [4.69, 9.17) is 0 Å². The molecule has 0 saturated heterocycles. The molecule has 0 aromatic heterocycles. The van der Waals surface area contributed by atoms with Gasteiger partial charge < -0.3 is 0 Å². The van der Waals surface area contributed by atoms with Crippen molar-refractivity contribution < 1.29 is 26.2 Å². The third-order valence-corrected chi connectivity index (χ3v) is 1.99. The van der Waals surface area contributed by atoms with Gasteiger partial charge in [0.05, 0.1) is 0 Å². The summed E-state index contributed by atoms with van der Waals surface area (Å²) in [5, 5.41) is 2.30. The van der Waals surface area contributed by atoms with Crippen molar-refractivity contribution in [2.45, 2.75) is 0 Å². The first kappa shape index (κ1) is 13.0. The van der Waals surface area contributed by atoms with E-state index in [0.717, 1.165) is 10.4 Å². The first-order valence-electron chi connectivity index (χ1n) is 3.65. The number of rotatable bonds is 0. The van der Waals surface area contributed by atoms with Crippen LogP contribution in [0.4, 0.5) is 0 Å². The van der Waals surface area contributed by atoms with Crippen molar-refractivity contribution in [2.75, 3.05) is 0 Å². The van der Waals surface area contributed by atoms with Crippen molar-refractivity contribution in [1.82, 2.24) is 0 Å². The monoisotopic (exact) mass is 274 g/mol. The van der Waals surface area contributed by atoms with Gasteiger partial charge in [-0.1, -0.05) is 0 Å². The molecule has 6 radical (unpaired) electrons. The molecule has 0 aliphatic rings. The van der Waals surface area contributed by atoms with Gasteiger partial charge >= 0.3 is 26.2 Å². The minimum atomic E-state index is 0. The second-order valence-electron chi connectivity index (χ2n) is 2.35. The molecule has 0 saturated carbocycles. The molecule has 2 aromatic rings. The van der Waals surface area contributed by atoms with E-state index in [1.165, 1.54) is 0 Å². The quantitative estimate of drug-likeness (QED) is 0.482. The fourth-order valence-electron chi connectivity index (χ4n) is 0.748. The molecule has 0 aliphatic carbocycles. The largest absolute Gasteiger partial charge is 2.00 e. The van der Waals surface area contributed by atoms with Gasteiger partial charge in [0.25, 0.3) is 0 Å². The van der Waals surface area contributed by atoms with Gasteiger partial charge in [0, 0.05) is 0 Å². The summed E-state index contributed by atoms with van der Waals surface area (Å²) in [6, 6.07) is 15.9. The molecular formula is C10H8Si2Zr. The SMILES string of the molecule is [Si][c-]1cccc1.[Si][c-]1cccc1.[Zr+2]. The summed E-state index contributed by atoms with van der Waals surface area (Å²) in [5.74, 6) is 0. The average molecular weight is 276 g/mol. The average Bonchev–Trinajstić information content (AvgIpc) is 2.63. The van der Waals surface area contributed by atoms with Crippen LogP contribution in [0.3, 0.4) is 0 Å². The molecule has 0 N–H and O–H groups in total. The van der Waals surface area contributed by atoms with E-state index in [9.17, 15) is 0 Å². The van der Waals surface area contributed by atoms with Crippen LogP contribution in [-0.4, -0.2) is 20.5 Å². The van der Waals surface area contributed by atoms with E-state index in [0.29, 0.717) is 0 Å². The van der Waals surface area contributed by atoms with Crippen LogP contribution in [0.5, 0.6) is 0 Å². The van der Waals surface area contributed by atoms with Crippen molar-refractivity contribution in [3.8, 4) is 0 Å². The van der Waals surface area contributed by atoms with Crippen LogP contribution in [0.2, 0.25) is 0 Å². The summed E-state index contributed by atoms with van der Waals surface area (Å²) in [5.41, 5.74) is 0. The third-order valence-electron chi connectivity index (χ3n) is 1.33. The Morgan fingerprint density at radius 3 is 0.923 bits per heavy atom. The molecule has 0 atom stereocenters. The van der Waals surface area contributed by atoms with Crippen LogP contribution >= 0.6 is 0 Å². The maximum atomic E-state index is 3.33. The maximum absolute atomic E-state index is 3.33. The summed E-state index contributed by atoms with van der Waals surface area (Å²) in [6.07, 6.45) is 0. The van der Waals surface area contributed by atoms with Gasteiger partial charge in [-0.15, -0.1) is 0 Å². The summed E-state index contributed by atoms with van der Waals surface area (Å²) in [6.45, 7) is 0. The van der Waals surface area contributed by atoms with Crippen molar-refractivity contribution in [1.29, 1.82) is 0 Å². The van der Waals surface area contributed by atoms with Gasteiger partial charge in [0.15, 0.2) is 0 Å². The van der Waals surface area contributed by atoms with Gasteiger partial charge in [-0.2, -0.15) is 34.6 Å². The smallest absolute Gasteiger partial charge is 0.214 e. The molecule has 0 fully saturated rings. The summed E-state index contributed by atoms with van der Waals surface area (Å²) < 4.78 is 0. The standard InChI is InChI=1S/2C5H4Si.Zr/c2*6-5-3-1-2-4-5;/h2*1-4H;/q2*-1;+2. The van der Waals surface area contributed by atoms with Crippen LogP contribution in [0.25, 0.3) is 0 Å². The van der Waals surface area contributed by atoms with Crippen molar-refractivity contribution in [3.05, 3.63) is 48.5 Å². The van der Waals surface area contributed by atoms with Crippen molar-refractivity contribution >= 4 is 30.9 Å².